The van der Waals surface area contributed by atoms with Gasteiger partial charge in [-0.3, -0.25) is 0 Å². The van der Waals surface area contributed by atoms with E-state index in [1.807, 2.05) is 4.57 Å². The van der Waals surface area contributed by atoms with Crippen LogP contribution in [0.3, 0.4) is 0 Å². The van der Waals surface area contributed by atoms with Gasteiger partial charge in [0.2, 0.25) is 0 Å². The van der Waals surface area contributed by atoms with Crippen LogP contribution in [0.1, 0.15) is 0 Å². The van der Waals surface area contributed by atoms with Gasteiger partial charge in [0.25, 0.3) is 0 Å². The first-order valence-electron chi connectivity index (χ1n) is 4.31. The Morgan fingerprint density at radius 1 is 1.43 bits per heavy atom. The normalized spacial score (nSPS) is 21.1. The molecule has 0 saturated carbocycles. The predicted molar refractivity (Wildman–Crippen MR) is 51.2 cm³/mol. The van der Waals surface area contributed by atoms with Gasteiger partial charge in [-0.15, -0.1) is 11.8 Å². The van der Waals surface area contributed by atoms with Gasteiger partial charge in [-0.05, 0) is 0 Å². The second kappa shape index (κ2) is 2.93. The van der Waals surface area contributed by atoms with Gasteiger partial charge in [0.1, 0.15) is 17.0 Å². The van der Waals surface area contributed by atoms with Crippen molar-refractivity contribution in [2.75, 3.05) is 5.75 Å². The number of fused-ring (bicyclic) bond motifs is 3. The molecule has 0 aromatic rings. The molecular formula is C8H8N4OS. The molecule has 3 aliphatic rings. The van der Waals surface area contributed by atoms with Crippen LogP contribution < -0.4 is 0 Å². The first kappa shape index (κ1) is 8.19. The van der Waals surface area contributed by atoms with Gasteiger partial charge in [0, 0.05) is 5.75 Å². The van der Waals surface area contributed by atoms with Gasteiger partial charge in [-0.2, -0.15) is 0 Å². The summed E-state index contributed by atoms with van der Waals surface area (Å²) >= 11 is 1.60. The quantitative estimate of drug-likeness (QED) is 0.628. The summed E-state index contributed by atoms with van der Waals surface area (Å²) < 4.78 is 1.93. The van der Waals surface area contributed by atoms with E-state index in [9.17, 15) is 5.11 Å². The van der Waals surface area contributed by atoms with E-state index in [0.29, 0.717) is 18.1 Å². The Bertz CT molecular complexity index is 443. The third kappa shape index (κ3) is 1.11. The van der Waals surface area contributed by atoms with Crippen LogP contribution in [-0.2, 0) is 6.54 Å². The fourth-order valence-corrected chi connectivity index (χ4v) is 2.58. The van der Waals surface area contributed by atoms with Crippen molar-refractivity contribution in [3.05, 3.63) is 12.7 Å². The predicted octanol–water partition coefficient (Wildman–Crippen LogP) is 0.244. The fraction of sp³-hybridized carbons (Fsp3) is 0.375. The molecule has 0 aromatic heterocycles. The van der Waals surface area contributed by atoms with Crippen molar-refractivity contribution < 1.29 is 5.11 Å². The Morgan fingerprint density at radius 3 is 3.29 bits per heavy atom. The van der Waals surface area contributed by atoms with Crippen molar-refractivity contribution in [1.82, 2.24) is 19.5 Å². The molecular weight excluding hydrogens is 200 g/mol. The van der Waals surface area contributed by atoms with Gasteiger partial charge >= 0.3 is 0 Å². The monoisotopic (exact) mass is 208 g/mol. The lowest BCUT2D eigenvalue weighted by Crippen LogP contribution is -2.25. The zero-order valence-corrected chi connectivity index (χ0v) is 8.11. The van der Waals surface area contributed by atoms with Crippen LogP contribution >= 0.6 is 11.8 Å². The first-order valence-corrected chi connectivity index (χ1v) is 5.30. The second-order valence-corrected chi connectivity index (χ2v) is 4.22. The molecule has 0 spiro atoms. The Morgan fingerprint density at radius 2 is 2.36 bits per heavy atom. The number of imidazole rings is 1. The highest BCUT2D eigenvalue weighted by molar-refractivity contribution is 7.99. The third-order valence-corrected chi connectivity index (χ3v) is 3.43. The van der Waals surface area contributed by atoms with Gasteiger partial charge in [-0.1, -0.05) is 0 Å². The van der Waals surface area contributed by atoms with Gasteiger partial charge < -0.3 is 9.67 Å². The molecule has 0 aromatic carbocycles. The zero-order valence-electron chi connectivity index (χ0n) is 7.29. The summed E-state index contributed by atoms with van der Waals surface area (Å²) in [6.07, 6.45) is 2.94. The zero-order chi connectivity index (χ0) is 9.54. The van der Waals surface area contributed by atoms with Crippen molar-refractivity contribution in [3.8, 4) is 11.5 Å². The fourth-order valence-electron chi connectivity index (χ4n) is 1.55. The summed E-state index contributed by atoms with van der Waals surface area (Å²) in [5, 5.41) is 10.5. The van der Waals surface area contributed by atoms with E-state index in [1.165, 1.54) is 6.33 Å². The summed E-state index contributed by atoms with van der Waals surface area (Å²) in [6.45, 7) is 0.595. The number of aromatic nitrogens is 4. The van der Waals surface area contributed by atoms with E-state index in [4.69, 9.17) is 0 Å². The molecule has 5 nitrogen and oxygen atoms in total. The number of aliphatic hydroxyl groups excluding tert-OH is 1. The van der Waals surface area contributed by atoms with E-state index < -0.39 is 0 Å². The molecule has 14 heavy (non-hydrogen) atoms. The molecule has 3 heterocycles. The SMILES string of the molecule is OC1CSc2c3ncnc-3ncn2C1. The summed E-state index contributed by atoms with van der Waals surface area (Å²) in [6, 6.07) is 0. The maximum Gasteiger partial charge on any atom is 0.183 e. The highest BCUT2D eigenvalue weighted by Crippen LogP contribution is 2.32. The number of aliphatic hydroxyl groups is 1. The highest BCUT2D eigenvalue weighted by atomic mass is 32.2. The second-order valence-electron chi connectivity index (χ2n) is 3.21. The van der Waals surface area contributed by atoms with Crippen LogP contribution in [0.2, 0.25) is 0 Å². The molecule has 0 fully saturated rings. The van der Waals surface area contributed by atoms with E-state index in [1.54, 1.807) is 18.1 Å². The topological polar surface area (TPSA) is 63.8 Å². The number of rotatable bonds is 0. The molecule has 0 aliphatic carbocycles. The Labute approximate surface area is 84.6 Å². The minimum atomic E-state index is -0.292. The molecule has 0 radical (unpaired) electrons. The Balaban J connectivity index is 2.20. The van der Waals surface area contributed by atoms with Crippen molar-refractivity contribution in [2.45, 2.75) is 17.7 Å². The molecule has 3 aliphatic heterocycles. The largest absolute Gasteiger partial charge is 0.390 e. The molecule has 0 bridgehead atoms. The average molecular weight is 208 g/mol. The first-order chi connectivity index (χ1) is 6.84. The Hall–Kier alpha value is -1.14. The van der Waals surface area contributed by atoms with E-state index >= 15 is 0 Å². The minimum absolute atomic E-state index is 0.292. The maximum atomic E-state index is 9.47. The van der Waals surface area contributed by atoms with Crippen LogP contribution in [0.4, 0.5) is 0 Å². The lowest BCUT2D eigenvalue weighted by atomic mass is 10.3. The molecule has 3 rings (SSSR count). The molecule has 1 atom stereocenters. The maximum absolute atomic E-state index is 9.47. The molecule has 0 saturated heterocycles. The van der Waals surface area contributed by atoms with Crippen LogP contribution in [0.5, 0.6) is 0 Å². The van der Waals surface area contributed by atoms with E-state index in [2.05, 4.69) is 15.0 Å². The molecule has 1 unspecified atom stereocenters. The molecule has 72 valence electrons. The summed E-state index contributed by atoms with van der Waals surface area (Å²) in [5.41, 5.74) is 0.837. The van der Waals surface area contributed by atoms with Crippen LogP contribution in [0.15, 0.2) is 17.7 Å². The van der Waals surface area contributed by atoms with E-state index in [-0.39, 0.29) is 6.10 Å². The molecule has 0 amide bonds. The molecule has 1 N–H and O–H groups in total. The van der Waals surface area contributed by atoms with Crippen molar-refractivity contribution in [2.24, 2.45) is 0 Å². The summed E-state index contributed by atoms with van der Waals surface area (Å²) in [5.74, 6) is 1.39. The minimum Gasteiger partial charge on any atom is -0.390 e. The van der Waals surface area contributed by atoms with Gasteiger partial charge in [0.05, 0.1) is 19.0 Å². The van der Waals surface area contributed by atoms with Gasteiger partial charge in [0.15, 0.2) is 5.82 Å². The highest BCUT2D eigenvalue weighted by Gasteiger charge is 2.22. The third-order valence-electron chi connectivity index (χ3n) is 2.18. The van der Waals surface area contributed by atoms with Crippen molar-refractivity contribution in [1.29, 1.82) is 0 Å². The molecule has 6 heteroatoms. The Kier molecular flexibility index (Phi) is 1.71. The van der Waals surface area contributed by atoms with Crippen LogP contribution in [0.25, 0.3) is 11.5 Å². The van der Waals surface area contributed by atoms with Crippen LogP contribution in [-0.4, -0.2) is 36.5 Å². The number of nitrogens with zero attached hydrogens (tertiary/aromatic N) is 4. The lowest BCUT2D eigenvalue weighted by Gasteiger charge is -2.23. The smallest absolute Gasteiger partial charge is 0.183 e. The average Bonchev–Trinajstić information content (AvgIpc) is 2.65. The summed E-state index contributed by atoms with van der Waals surface area (Å²) in [4.78, 5) is 12.3. The lowest BCUT2D eigenvalue weighted by molar-refractivity contribution is 0.170. The number of hydrogen-bond donors (Lipinski definition) is 1. The number of hydrogen-bond acceptors (Lipinski definition) is 5. The van der Waals surface area contributed by atoms with Crippen molar-refractivity contribution in [3.63, 3.8) is 0 Å². The van der Waals surface area contributed by atoms with Crippen molar-refractivity contribution >= 4 is 11.8 Å². The van der Waals surface area contributed by atoms with Crippen LogP contribution in [0, 0.1) is 0 Å². The number of thioether (sulfide) groups is 1. The van der Waals surface area contributed by atoms with Gasteiger partial charge in [-0.25, -0.2) is 15.0 Å². The standard InChI is InChI=1S/C8H8N4OS/c13-5-1-12-4-11-7-6(9-3-10-7)8(12)14-2-5/h3-5,13H,1-2H2. The van der Waals surface area contributed by atoms with E-state index in [0.717, 1.165) is 10.7 Å². The summed E-state index contributed by atoms with van der Waals surface area (Å²) in [7, 11) is 0.